The molecule has 198 valence electrons. The Labute approximate surface area is 212 Å². The van der Waals surface area contributed by atoms with E-state index in [1.165, 1.54) is 12.4 Å². The first-order valence-electron chi connectivity index (χ1n) is 11.9. The summed E-state index contributed by atoms with van der Waals surface area (Å²) in [5.74, 6) is -2.32. The van der Waals surface area contributed by atoms with Crippen LogP contribution in [0.2, 0.25) is 0 Å². The lowest BCUT2D eigenvalue weighted by molar-refractivity contribution is -0.146. The van der Waals surface area contributed by atoms with E-state index in [9.17, 15) is 23.2 Å². The molecule has 37 heavy (non-hydrogen) atoms. The predicted molar refractivity (Wildman–Crippen MR) is 129 cm³/mol. The molecule has 0 saturated carbocycles. The minimum atomic E-state index is -0.875. The largest absolute Gasteiger partial charge is 0.434 e. The molecular weight excluding hydrogens is 488 g/mol. The molecule has 13 heteroatoms. The van der Waals surface area contributed by atoms with E-state index in [4.69, 9.17) is 4.74 Å². The number of amides is 4. The van der Waals surface area contributed by atoms with Crippen LogP contribution in [-0.4, -0.2) is 81.9 Å². The third-order valence-electron chi connectivity index (χ3n) is 6.48. The summed E-state index contributed by atoms with van der Waals surface area (Å²) in [4.78, 5) is 49.2. The zero-order chi connectivity index (χ0) is 26.7. The molecule has 4 rings (SSSR count). The van der Waals surface area contributed by atoms with Crippen LogP contribution in [0.4, 0.5) is 19.4 Å². The van der Waals surface area contributed by atoms with E-state index in [1.54, 1.807) is 6.92 Å². The molecule has 3 heterocycles. The molecule has 1 aromatic carbocycles. The molecule has 3 N–H and O–H groups in total. The summed E-state index contributed by atoms with van der Waals surface area (Å²) in [7, 11) is 0. The number of aromatic nitrogens is 2. The summed E-state index contributed by atoms with van der Waals surface area (Å²) in [6.45, 7) is 7.67. The number of hydrogen-bond acceptors (Lipinski definition) is 7. The molecule has 0 aliphatic carbocycles. The van der Waals surface area contributed by atoms with Gasteiger partial charge in [0.05, 0.1) is 29.9 Å². The van der Waals surface area contributed by atoms with Gasteiger partial charge in [-0.2, -0.15) is 0 Å². The fraction of sp³-hybridized carbons (Fsp3) is 0.458. The summed E-state index contributed by atoms with van der Waals surface area (Å²) in [5.41, 5.74) is -0.528. The summed E-state index contributed by atoms with van der Waals surface area (Å²) in [6.07, 6.45) is 2.50. The Balaban J connectivity index is 1.32. The van der Waals surface area contributed by atoms with E-state index < -0.39 is 23.2 Å². The number of carbonyl (C=O) groups is 3. The van der Waals surface area contributed by atoms with Gasteiger partial charge in [-0.1, -0.05) is 0 Å². The summed E-state index contributed by atoms with van der Waals surface area (Å²) < 4.78 is 32.1. The number of halogens is 2. The van der Waals surface area contributed by atoms with Crippen molar-refractivity contribution in [2.24, 2.45) is 5.92 Å². The highest BCUT2D eigenvalue weighted by atomic mass is 19.1. The van der Waals surface area contributed by atoms with Crippen molar-refractivity contribution in [3.63, 3.8) is 0 Å². The summed E-state index contributed by atoms with van der Waals surface area (Å²) in [5, 5.41) is 8.01. The van der Waals surface area contributed by atoms with Crippen molar-refractivity contribution in [1.29, 1.82) is 0 Å². The summed E-state index contributed by atoms with van der Waals surface area (Å²) >= 11 is 0. The molecule has 0 spiro atoms. The number of piperazine rings is 1. The van der Waals surface area contributed by atoms with Crippen molar-refractivity contribution >= 4 is 23.7 Å². The Kier molecular flexibility index (Phi) is 7.52. The van der Waals surface area contributed by atoms with Crippen molar-refractivity contribution in [2.45, 2.75) is 32.4 Å². The fourth-order valence-corrected chi connectivity index (χ4v) is 4.39. The van der Waals surface area contributed by atoms with E-state index >= 15 is 0 Å². The maximum Gasteiger partial charge on any atom is 0.314 e. The van der Waals surface area contributed by atoms with Crippen LogP contribution in [0.1, 0.15) is 20.8 Å². The molecule has 2 aromatic rings. The van der Waals surface area contributed by atoms with Crippen molar-refractivity contribution in [3.8, 4) is 11.6 Å². The number of rotatable bonds is 6. The van der Waals surface area contributed by atoms with Gasteiger partial charge in [0.2, 0.25) is 17.7 Å². The van der Waals surface area contributed by atoms with E-state index in [2.05, 4.69) is 25.9 Å². The molecule has 1 atom stereocenters. The van der Waals surface area contributed by atoms with Gasteiger partial charge in [0.25, 0.3) is 0 Å². The molecule has 2 saturated heterocycles. The number of benzene rings is 1. The highest BCUT2D eigenvalue weighted by molar-refractivity contribution is 5.93. The van der Waals surface area contributed by atoms with Gasteiger partial charge < -0.3 is 25.6 Å². The minimum absolute atomic E-state index is 0.0215. The zero-order valence-electron chi connectivity index (χ0n) is 20.8. The average Bonchev–Trinajstić information content (AvgIpc) is 2.86. The lowest BCUT2D eigenvalue weighted by Gasteiger charge is -2.49. The molecule has 0 unspecified atom stereocenters. The minimum Gasteiger partial charge on any atom is -0.434 e. The van der Waals surface area contributed by atoms with Crippen LogP contribution in [-0.2, 0) is 9.59 Å². The highest BCUT2D eigenvalue weighted by Crippen LogP contribution is 2.26. The zero-order valence-corrected chi connectivity index (χ0v) is 20.8. The number of anilines is 1. The predicted octanol–water partition coefficient (Wildman–Crippen LogP) is 1.73. The molecule has 4 amide bonds. The molecule has 1 aromatic heterocycles. The molecule has 2 aliphatic rings. The van der Waals surface area contributed by atoms with Crippen molar-refractivity contribution < 1.29 is 27.9 Å². The average molecular weight is 518 g/mol. The van der Waals surface area contributed by atoms with Crippen molar-refractivity contribution in [1.82, 2.24) is 30.4 Å². The number of ether oxygens (including phenoxy) is 1. The van der Waals surface area contributed by atoms with Gasteiger partial charge in [-0.25, -0.2) is 23.5 Å². The Morgan fingerprint density at radius 3 is 2.51 bits per heavy atom. The second kappa shape index (κ2) is 10.6. The van der Waals surface area contributed by atoms with Crippen LogP contribution >= 0.6 is 0 Å². The number of urea groups is 1. The van der Waals surface area contributed by atoms with Crippen LogP contribution in [0.5, 0.6) is 11.6 Å². The van der Waals surface area contributed by atoms with Gasteiger partial charge in [0, 0.05) is 38.8 Å². The third kappa shape index (κ3) is 6.10. The SMILES string of the molecule is C[C@@H](C(=O)Nc1cnc(Oc2ccc(F)cc2F)cn1)N1CCN(C(=O)C2CNC(=O)NC2)C(C)(C)C1. The molecule has 0 radical (unpaired) electrons. The number of nitrogens with zero attached hydrogens (tertiary/aromatic N) is 4. The first kappa shape index (κ1) is 26.2. The van der Waals surface area contributed by atoms with Crippen molar-refractivity contribution in [3.05, 3.63) is 42.2 Å². The first-order chi connectivity index (χ1) is 17.5. The van der Waals surface area contributed by atoms with Crippen LogP contribution in [0.3, 0.4) is 0 Å². The Bertz CT molecular complexity index is 1170. The van der Waals surface area contributed by atoms with Gasteiger partial charge in [-0.15, -0.1) is 0 Å². The number of carbonyl (C=O) groups excluding carboxylic acids is 3. The van der Waals surface area contributed by atoms with Gasteiger partial charge in [0.1, 0.15) is 5.82 Å². The normalized spacial score (nSPS) is 18.9. The smallest absolute Gasteiger partial charge is 0.314 e. The van der Waals surface area contributed by atoms with Gasteiger partial charge in [-0.05, 0) is 32.9 Å². The van der Waals surface area contributed by atoms with Crippen LogP contribution in [0.25, 0.3) is 0 Å². The summed E-state index contributed by atoms with van der Waals surface area (Å²) in [6, 6.07) is 2.11. The van der Waals surface area contributed by atoms with E-state index in [0.29, 0.717) is 38.8 Å². The standard InChI is InChI=1S/C24H29F2N7O4/c1-14(32-6-7-33(24(2,3)13-32)22(35)15-9-29-23(36)30-10-15)21(34)31-19-11-28-20(12-27-19)37-18-5-4-16(25)8-17(18)26/h4-5,8,11-12,14-15H,6-7,9-10,13H2,1-3H3,(H,27,31,34)(H2,29,30,36)/t14-/m0/s1. The van der Waals surface area contributed by atoms with Gasteiger partial charge >= 0.3 is 6.03 Å². The third-order valence-corrected chi connectivity index (χ3v) is 6.48. The maximum atomic E-state index is 13.8. The lowest BCUT2D eigenvalue weighted by atomic mass is 9.94. The lowest BCUT2D eigenvalue weighted by Crippen LogP contribution is -2.66. The second-order valence-corrected chi connectivity index (χ2v) is 9.64. The van der Waals surface area contributed by atoms with Crippen molar-refractivity contribution in [2.75, 3.05) is 38.0 Å². The van der Waals surface area contributed by atoms with E-state index in [-0.39, 0.29) is 41.2 Å². The fourth-order valence-electron chi connectivity index (χ4n) is 4.39. The number of hydrogen-bond donors (Lipinski definition) is 3. The second-order valence-electron chi connectivity index (χ2n) is 9.64. The topological polar surface area (TPSA) is 129 Å². The van der Waals surface area contributed by atoms with E-state index in [0.717, 1.165) is 12.1 Å². The van der Waals surface area contributed by atoms with Gasteiger partial charge in [-0.3, -0.25) is 14.5 Å². The van der Waals surface area contributed by atoms with Crippen LogP contribution in [0, 0.1) is 17.6 Å². The van der Waals surface area contributed by atoms with Crippen LogP contribution in [0.15, 0.2) is 30.6 Å². The monoisotopic (exact) mass is 517 g/mol. The maximum absolute atomic E-state index is 13.8. The molecule has 2 fully saturated rings. The molecule has 2 aliphatic heterocycles. The molecular formula is C24H29F2N7O4. The van der Waals surface area contributed by atoms with E-state index in [1.807, 2.05) is 23.6 Å². The molecule has 0 bridgehead atoms. The van der Waals surface area contributed by atoms with Gasteiger partial charge in [0.15, 0.2) is 17.4 Å². The molecule has 11 nitrogen and oxygen atoms in total. The highest BCUT2D eigenvalue weighted by Gasteiger charge is 2.41. The van der Waals surface area contributed by atoms with Crippen LogP contribution < -0.4 is 20.7 Å². The quantitative estimate of drug-likeness (QED) is 0.532. The Hall–Kier alpha value is -3.87. The Morgan fingerprint density at radius 2 is 1.89 bits per heavy atom. The number of nitrogens with one attached hydrogen (secondary N) is 3. The Morgan fingerprint density at radius 1 is 1.16 bits per heavy atom. The first-order valence-corrected chi connectivity index (χ1v) is 11.9.